The maximum Gasteiger partial charge on any atom is 0.0943 e. The lowest BCUT2D eigenvalue weighted by atomic mass is 9.93. The highest BCUT2D eigenvalue weighted by molar-refractivity contribution is 5.28. The molecule has 0 fully saturated rings. The number of aryl methyl sites for hydroxylation is 4. The van der Waals surface area contributed by atoms with E-state index in [1.54, 1.807) is 12.3 Å². The monoisotopic (exact) mass is 685 g/mol. The highest BCUT2D eigenvalue weighted by Crippen LogP contribution is 2.23. The largest absolute Gasteiger partial charge is 0.385 e. The van der Waals surface area contributed by atoms with Gasteiger partial charge in [-0.3, -0.25) is 0 Å². The molecular weight excluding hydrogens is 617 g/mol. The fourth-order valence-corrected chi connectivity index (χ4v) is 5.56. The fraction of sp³-hybridized carbons (Fsp3) is 0.367. The summed E-state index contributed by atoms with van der Waals surface area (Å²) in [5.74, 6) is 0.894. The van der Waals surface area contributed by atoms with Crippen LogP contribution in [0.1, 0.15) is 118 Å². The zero-order valence-electron chi connectivity index (χ0n) is 33.0. The van der Waals surface area contributed by atoms with Crippen molar-refractivity contribution in [2.24, 2.45) is 5.92 Å². The van der Waals surface area contributed by atoms with Gasteiger partial charge < -0.3 is 5.32 Å². The second kappa shape index (κ2) is 29.2. The molecule has 3 rings (SSSR count). The lowest BCUT2D eigenvalue weighted by Gasteiger charge is -2.16. The van der Waals surface area contributed by atoms with Crippen molar-refractivity contribution in [3.8, 4) is 6.07 Å². The predicted octanol–water partition coefficient (Wildman–Crippen LogP) is 14.1. The van der Waals surface area contributed by atoms with Crippen LogP contribution in [0.4, 0.5) is 0 Å². The van der Waals surface area contributed by atoms with E-state index in [4.69, 9.17) is 5.26 Å². The lowest BCUT2D eigenvalue weighted by Crippen LogP contribution is -2.13. The summed E-state index contributed by atoms with van der Waals surface area (Å²) in [7, 11) is 0. The molecule has 3 aromatic carbocycles. The second-order valence-corrected chi connectivity index (χ2v) is 13.0. The molecule has 3 aromatic rings. The first-order chi connectivity index (χ1) is 24.6. The van der Waals surface area contributed by atoms with Crippen LogP contribution in [-0.4, -0.2) is 0 Å². The van der Waals surface area contributed by atoms with Crippen molar-refractivity contribution in [1.29, 1.82) is 5.26 Å². The maximum atomic E-state index is 8.81. The second-order valence-electron chi connectivity index (χ2n) is 13.0. The van der Waals surface area contributed by atoms with Gasteiger partial charge in [0.05, 0.1) is 12.1 Å². The molecule has 0 aliphatic rings. The molecule has 274 valence electrons. The normalized spacial score (nSPS) is 12.0. The molecule has 0 spiro atoms. The third-order valence-corrected chi connectivity index (χ3v) is 8.92. The minimum Gasteiger partial charge on any atom is -0.385 e. The smallest absolute Gasteiger partial charge is 0.0943 e. The van der Waals surface area contributed by atoms with Crippen LogP contribution < -0.4 is 5.32 Å². The Labute approximate surface area is 314 Å². The van der Waals surface area contributed by atoms with Crippen LogP contribution in [0.25, 0.3) is 0 Å². The van der Waals surface area contributed by atoms with Crippen LogP contribution >= 0.6 is 0 Å². The van der Waals surface area contributed by atoms with E-state index < -0.39 is 0 Å². The average Bonchev–Trinajstić information content (AvgIpc) is 3.16. The van der Waals surface area contributed by atoms with Crippen molar-refractivity contribution in [2.75, 3.05) is 0 Å². The molecule has 3 atom stereocenters. The standard InChI is InChI=1S/C25H32.C19H26N2.C3H6.C2H4/c1-5-7-22(6-2)12-13-24-16-14-23(15-17-24)11-10-21(4)25-18-8-20(3)9-19-25;1-5-19(21-6-2)18-12-10-17(11-13-18)9-7-8-15(3)16(4)14-20;1-3-2;1-2/h6-9,14-19,21H,2,5,10-13H2,1,3-4H3;6,10-13,15,19,21H,2,4-5,7-9H2,1,3H3;3H,1H2,2H3;1-2H2/b22-7+;;;. The van der Waals surface area contributed by atoms with Gasteiger partial charge >= 0.3 is 0 Å². The van der Waals surface area contributed by atoms with Crippen molar-refractivity contribution < 1.29 is 0 Å². The van der Waals surface area contributed by atoms with Crippen LogP contribution in [0.3, 0.4) is 0 Å². The number of benzene rings is 3. The van der Waals surface area contributed by atoms with Crippen molar-refractivity contribution in [1.82, 2.24) is 5.32 Å². The molecule has 3 unspecified atom stereocenters. The molecule has 1 N–H and O–H groups in total. The number of hydrogen-bond donors (Lipinski definition) is 1. The first-order valence-corrected chi connectivity index (χ1v) is 18.7. The Hall–Kier alpha value is -4.61. The minimum atomic E-state index is 0.288. The maximum absolute atomic E-state index is 8.81. The van der Waals surface area contributed by atoms with Gasteiger partial charge in [-0.1, -0.05) is 150 Å². The Morgan fingerprint density at radius 3 is 1.78 bits per heavy atom. The minimum absolute atomic E-state index is 0.288. The van der Waals surface area contributed by atoms with Gasteiger partial charge in [0.25, 0.3) is 0 Å². The Kier molecular flexibility index (Phi) is 26.5. The molecule has 0 aliphatic heterocycles. The third-order valence-electron chi connectivity index (χ3n) is 8.92. The molecule has 2 nitrogen and oxygen atoms in total. The van der Waals surface area contributed by atoms with Gasteiger partial charge in [0.2, 0.25) is 0 Å². The zero-order valence-corrected chi connectivity index (χ0v) is 33.0. The average molecular weight is 685 g/mol. The summed E-state index contributed by atoms with van der Waals surface area (Å²) in [6, 6.07) is 29.4. The Balaban J connectivity index is 0.000000881. The highest BCUT2D eigenvalue weighted by atomic mass is 14.9. The SMILES string of the molecule is C=C.C=C/C(=C\CC)CCc1ccc(CCC(C)c2ccc(C)cc2)cc1.C=CC.C=CNC(CC)c1ccc(CCCC(C)C(=C)C#N)cc1. The van der Waals surface area contributed by atoms with Gasteiger partial charge in [0, 0.05) is 5.57 Å². The van der Waals surface area contributed by atoms with E-state index >= 15 is 0 Å². The number of nitrogens with zero attached hydrogens (tertiary/aromatic N) is 1. The Morgan fingerprint density at radius 1 is 0.784 bits per heavy atom. The van der Waals surface area contributed by atoms with E-state index in [-0.39, 0.29) is 5.92 Å². The number of hydrogen-bond acceptors (Lipinski definition) is 2. The van der Waals surface area contributed by atoms with Gasteiger partial charge in [-0.05, 0) is 117 Å². The van der Waals surface area contributed by atoms with E-state index in [1.807, 2.05) is 13.0 Å². The van der Waals surface area contributed by atoms with Crippen molar-refractivity contribution in [3.05, 3.63) is 181 Å². The molecular formula is C49H68N2. The molecule has 0 bridgehead atoms. The van der Waals surface area contributed by atoms with E-state index in [9.17, 15) is 0 Å². The predicted molar refractivity (Wildman–Crippen MR) is 228 cm³/mol. The van der Waals surface area contributed by atoms with Gasteiger partial charge in [-0.15, -0.1) is 19.7 Å². The summed E-state index contributed by atoms with van der Waals surface area (Å²) < 4.78 is 0. The summed E-state index contributed by atoms with van der Waals surface area (Å²) in [6.45, 7) is 33.6. The first-order valence-electron chi connectivity index (χ1n) is 18.7. The van der Waals surface area contributed by atoms with Crippen molar-refractivity contribution in [3.63, 3.8) is 0 Å². The van der Waals surface area contributed by atoms with Gasteiger partial charge in [0.1, 0.15) is 0 Å². The van der Waals surface area contributed by atoms with Gasteiger partial charge in [-0.2, -0.15) is 5.26 Å². The molecule has 0 saturated heterocycles. The molecule has 2 heteroatoms. The van der Waals surface area contributed by atoms with Crippen molar-refractivity contribution in [2.45, 2.75) is 111 Å². The fourth-order valence-electron chi connectivity index (χ4n) is 5.56. The first kappa shape index (κ1) is 46.4. The summed E-state index contributed by atoms with van der Waals surface area (Å²) >= 11 is 0. The highest BCUT2D eigenvalue weighted by Gasteiger charge is 2.09. The lowest BCUT2D eigenvalue weighted by molar-refractivity contribution is 0.590. The van der Waals surface area contributed by atoms with Crippen LogP contribution in [0.5, 0.6) is 0 Å². The van der Waals surface area contributed by atoms with E-state index in [1.165, 1.54) is 45.4 Å². The third kappa shape index (κ3) is 20.0. The van der Waals surface area contributed by atoms with Crippen LogP contribution in [0.2, 0.25) is 0 Å². The zero-order chi connectivity index (χ0) is 38.4. The number of rotatable bonds is 18. The quantitative estimate of drug-likeness (QED) is 0.0822. The Morgan fingerprint density at radius 2 is 1.29 bits per heavy atom. The molecule has 0 heterocycles. The number of nitriles is 1. The molecule has 51 heavy (non-hydrogen) atoms. The molecule has 0 radical (unpaired) electrons. The van der Waals surface area contributed by atoms with Crippen LogP contribution in [0, 0.1) is 24.2 Å². The summed E-state index contributed by atoms with van der Waals surface area (Å²) in [5.41, 5.74) is 10.3. The Bertz CT molecular complexity index is 1450. The molecule has 0 amide bonds. The van der Waals surface area contributed by atoms with E-state index in [0.717, 1.165) is 51.4 Å². The summed E-state index contributed by atoms with van der Waals surface area (Å²) in [6.07, 6.45) is 17.6. The number of allylic oxidation sites excluding steroid dienone is 5. The molecule has 0 saturated carbocycles. The number of nitrogens with one attached hydrogen (secondary N) is 1. The molecule has 0 aliphatic carbocycles. The van der Waals surface area contributed by atoms with E-state index in [0.29, 0.717) is 17.5 Å². The topological polar surface area (TPSA) is 35.8 Å². The summed E-state index contributed by atoms with van der Waals surface area (Å²) in [4.78, 5) is 0. The van der Waals surface area contributed by atoms with Gasteiger partial charge in [0.15, 0.2) is 0 Å². The van der Waals surface area contributed by atoms with E-state index in [2.05, 4.69) is 164 Å². The summed E-state index contributed by atoms with van der Waals surface area (Å²) in [5, 5.41) is 12.1. The van der Waals surface area contributed by atoms with Crippen LogP contribution in [-0.2, 0) is 19.3 Å². The molecule has 0 aromatic heterocycles. The van der Waals surface area contributed by atoms with Gasteiger partial charge in [-0.25, -0.2) is 0 Å². The van der Waals surface area contributed by atoms with Crippen LogP contribution in [0.15, 0.2) is 148 Å². The van der Waals surface area contributed by atoms with Crippen molar-refractivity contribution >= 4 is 0 Å².